The zero-order valence-electron chi connectivity index (χ0n) is 11.4. The summed E-state index contributed by atoms with van der Waals surface area (Å²) >= 11 is 0. The van der Waals surface area contributed by atoms with Gasteiger partial charge in [0.2, 0.25) is 0 Å². The highest BCUT2D eigenvalue weighted by Gasteiger charge is 2.42. The van der Waals surface area contributed by atoms with Gasteiger partial charge in [-0.25, -0.2) is 0 Å². The van der Waals surface area contributed by atoms with Crippen LogP contribution in [0.1, 0.15) is 18.4 Å². The van der Waals surface area contributed by atoms with Gasteiger partial charge in [-0.15, -0.1) is 0 Å². The lowest BCUT2D eigenvalue weighted by Crippen LogP contribution is -2.38. The summed E-state index contributed by atoms with van der Waals surface area (Å²) in [6.45, 7) is 1.68. The van der Waals surface area contributed by atoms with Crippen LogP contribution in [0.2, 0.25) is 0 Å². The highest BCUT2D eigenvalue weighted by atomic mass is 16.5. The molecule has 0 saturated carbocycles. The van der Waals surface area contributed by atoms with Gasteiger partial charge in [-0.2, -0.15) is 0 Å². The molecule has 20 heavy (non-hydrogen) atoms. The second-order valence-electron chi connectivity index (χ2n) is 5.37. The van der Waals surface area contributed by atoms with Gasteiger partial charge in [-0.05, 0) is 24.9 Å². The molecule has 2 atom stereocenters. The topological polar surface area (TPSA) is 78.8 Å². The quantitative estimate of drug-likeness (QED) is 0.694. The largest absolute Gasteiger partial charge is 0.481 e. The minimum absolute atomic E-state index is 0.157. The summed E-state index contributed by atoms with van der Waals surface area (Å²) in [5.41, 5.74) is 0.186. The number of aliphatic hydroxyl groups is 1. The number of carbonyl (C=O) groups is 1. The maximum Gasteiger partial charge on any atom is 0.311 e. The van der Waals surface area contributed by atoms with Crippen LogP contribution in [-0.2, 0) is 16.1 Å². The summed E-state index contributed by atoms with van der Waals surface area (Å²) in [5.74, 6) is -0.843. The van der Waals surface area contributed by atoms with Crippen molar-refractivity contribution >= 4 is 5.97 Å². The lowest BCUT2D eigenvalue weighted by Gasteiger charge is -2.25. The molecule has 3 N–H and O–H groups in total. The Bertz CT molecular complexity index is 429. The van der Waals surface area contributed by atoms with Gasteiger partial charge in [0.15, 0.2) is 0 Å². The molecule has 1 aromatic carbocycles. The Morgan fingerprint density at radius 2 is 2.15 bits per heavy atom. The van der Waals surface area contributed by atoms with Gasteiger partial charge < -0.3 is 20.3 Å². The van der Waals surface area contributed by atoms with Crippen molar-refractivity contribution in [2.75, 3.05) is 19.7 Å². The number of carboxylic acids is 1. The smallest absolute Gasteiger partial charge is 0.311 e. The predicted molar refractivity (Wildman–Crippen MR) is 74.3 cm³/mol. The van der Waals surface area contributed by atoms with E-state index >= 15 is 0 Å². The van der Waals surface area contributed by atoms with Crippen molar-refractivity contribution in [2.24, 2.45) is 5.41 Å². The minimum Gasteiger partial charge on any atom is -0.481 e. The van der Waals surface area contributed by atoms with E-state index in [0.29, 0.717) is 26.1 Å². The predicted octanol–water partition coefficient (Wildman–Crippen LogP) is 1.02. The summed E-state index contributed by atoms with van der Waals surface area (Å²) in [4.78, 5) is 11.4. The number of benzene rings is 1. The Labute approximate surface area is 118 Å². The van der Waals surface area contributed by atoms with Crippen molar-refractivity contribution in [3.05, 3.63) is 35.9 Å². The molecule has 0 amide bonds. The molecule has 0 bridgehead atoms. The fourth-order valence-electron chi connectivity index (χ4n) is 2.58. The number of carboxylic acid groups (broad SMARTS) is 1. The van der Waals surface area contributed by atoms with Crippen molar-refractivity contribution in [3.8, 4) is 0 Å². The molecule has 0 aromatic heterocycles. The first-order valence-electron chi connectivity index (χ1n) is 6.86. The Kier molecular flexibility index (Phi) is 5.11. The molecule has 1 aliphatic heterocycles. The van der Waals surface area contributed by atoms with Gasteiger partial charge in [0, 0.05) is 6.54 Å². The van der Waals surface area contributed by atoms with E-state index in [9.17, 15) is 15.0 Å². The highest BCUT2D eigenvalue weighted by molar-refractivity contribution is 5.75. The molecule has 5 heteroatoms. The molecular formula is C15H21NO4. The molecule has 5 nitrogen and oxygen atoms in total. The summed E-state index contributed by atoms with van der Waals surface area (Å²) in [7, 11) is 0. The van der Waals surface area contributed by atoms with Gasteiger partial charge in [0.05, 0.1) is 24.7 Å². The molecule has 1 saturated heterocycles. The minimum atomic E-state index is -0.852. The van der Waals surface area contributed by atoms with Gasteiger partial charge in [0.1, 0.15) is 0 Å². The fourth-order valence-corrected chi connectivity index (χ4v) is 2.58. The molecule has 0 spiro atoms. The van der Waals surface area contributed by atoms with Crippen LogP contribution in [-0.4, -0.2) is 42.0 Å². The Morgan fingerprint density at radius 1 is 1.40 bits per heavy atom. The van der Waals surface area contributed by atoms with Crippen LogP contribution in [0.25, 0.3) is 0 Å². The van der Waals surface area contributed by atoms with Crippen LogP contribution in [0.5, 0.6) is 0 Å². The molecule has 2 rings (SSSR count). The van der Waals surface area contributed by atoms with Crippen LogP contribution >= 0.6 is 0 Å². The maximum atomic E-state index is 11.4. The molecule has 110 valence electrons. The molecule has 2 unspecified atom stereocenters. The Balaban J connectivity index is 1.77. The van der Waals surface area contributed by atoms with E-state index in [0.717, 1.165) is 5.56 Å². The van der Waals surface area contributed by atoms with E-state index in [2.05, 4.69) is 5.32 Å². The van der Waals surface area contributed by atoms with Crippen LogP contribution in [0, 0.1) is 5.41 Å². The van der Waals surface area contributed by atoms with Crippen molar-refractivity contribution in [3.63, 3.8) is 0 Å². The fraction of sp³-hybridized carbons (Fsp3) is 0.533. The number of rotatable bonds is 7. The maximum absolute atomic E-state index is 11.4. The molecule has 0 radical (unpaired) electrons. The van der Waals surface area contributed by atoms with Crippen LogP contribution in [0.4, 0.5) is 0 Å². The second kappa shape index (κ2) is 6.83. The number of aliphatic hydroxyl groups excluding tert-OH is 1. The summed E-state index contributed by atoms with van der Waals surface area (Å²) < 4.78 is 5.45. The third kappa shape index (κ3) is 3.79. The molecule has 1 fully saturated rings. The third-order valence-electron chi connectivity index (χ3n) is 3.75. The molecule has 0 aliphatic carbocycles. The number of hydrogen-bond donors (Lipinski definition) is 3. The van der Waals surface area contributed by atoms with Crippen molar-refractivity contribution in [1.29, 1.82) is 0 Å². The SMILES string of the molecule is O=C(O)C1(CC(O)COCc2ccccc2)CCNC1. The monoisotopic (exact) mass is 279 g/mol. The van der Waals surface area contributed by atoms with E-state index in [1.807, 2.05) is 30.3 Å². The molecular weight excluding hydrogens is 258 g/mol. The second-order valence-corrected chi connectivity index (χ2v) is 5.37. The number of ether oxygens (including phenoxy) is 1. The van der Waals surface area contributed by atoms with Crippen LogP contribution in [0.15, 0.2) is 30.3 Å². The van der Waals surface area contributed by atoms with Gasteiger partial charge in [-0.1, -0.05) is 30.3 Å². The number of nitrogens with one attached hydrogen (secondary N) is 1. The third-order valence-corrected chi connectivity index (χ3v) is 3.75. The first kappa shape index (κ1) is 15.0. The van der Waals surface area contributed by atoms with E-state index in [1.54, 1.807) is 0 Å². The van der Waals surface area contributed by atoms with Crippen LogP contribution < -0.4 is 5.32 Å². The highest BCUT2D eigenvalue weighted by Crippen LogP contribution is 2.31. The molecule has 1 aliphatic rings. The van der Waals surface area contributed by atoms with E-state index < -0.39 is 17.5 Å². The van der Waals surface area contributed by atoms with Crippen LogP contribution in [0.3, 0.4) is 0 Å². The van der Waals surface area contributed by atoms with Crippen molar-refractivity contribution < 1.29 is 19.7 Å². The van der Waals surface area contributed by atoms with Crippen molar-refractivity contribution in [2.45, 2.75) is 25.6 Å². The summed E-state index contributed by atoms with van der Waals surface area (Å²) in [6.07, 6.45) is 0.0251. The Morgan fingerprint density at radius 3 is 2.75 bits per heavy atom. The van der Waals surface area contributed by atoms with Crippen molar-refractivity contribution in [1.82, 2.24) is 5.32 Å². The normalized spacial score (nSPS) is 23.6. The van der Waals surface area contributed by atoms with E-state index in [-0.39, 0.29) is 13.0 Å². The standard InChI is InChI=1S/C15H21NO4/c17-13(8-15(14(18)19)6-7-16-11-15)10-20-9-12-4-2-1-3-5-12/h1-5,13,16-17H,6-11H2,(H,18,19). The lowest BCUT2D eigenvalue weighted by molar-refractivity contribution is -0.150. The summed E-state index contributed by atoms with van der Waals surface area (Å²) in [6, 6.07) is 9.69. The number of aliphatic carboxylic acids is 1. The first-order valence-corrected chi connectivity index (χ1v) is 6.86. The zero-order chi connectivity index (χ0) is 14.4. The molecule has 1 aromatic rings. The average Bonchev–Trinajstić information content (AvgIpc) is 2.90. The van der Waals surface area contributed by atoms with E-state index in [1.165, 1.54) is 0 Å². The first-order chi connectivity index (χ1) is 9.62. The van der Waals surface area contributed by atoms with E-state index in [4.69, 9.17) is 4.74 Å². The summed E-state index contributed by atoms with van der Waals surface area (Å²) in [5, 5.41) is 22.4. The van der Waals surface area contributed by atoms with Gasteiger partial charge >= 0.3 is 5.97 Å². The average molecular weight is 279 g/mol. The number of hydrogen-bond acceptors (Lipinski definition) is 4. The molecule has 1 heterocycles. The zero-order valence-corrected chi connectivity index (χ0v) is 11.4. The van der Waals surface area contributed by atoms with Gasteiger partial charge in [-0.3, -0.25) is 4.79 Å². The van der Waals surface area contributed by atoms with Gasteiger partial charge in [0.25, 0.3) is 0 Å². The Hall–Kier alpha value is -1.43. The lowest BCUT2D eigenvalue weighted by atomic mass is 9.81.